The number of hydrogen-bond donors (Lipinski definition) is 1. The molecular weight excluding hydrogens is 200 g/mol. The monoisotopic (exact) mass is 216 g/mol. The Hall–Kier alpha value is -1.55. The Balaban J connectivity index is 2.18. The Bertz CT molecular complexity index is 497. The Labute approximate surface area is 94.7 Å². The summed E-state index contributed by atoms with van der Waals surface area (Å²) >= 11 is 0. The second-order valence-corrected chi connectivity index (χ2v) is 4.22. The van der Waals surface area contributed by atoms with Crippen molar-refractivity contribution in [1.82, 2.24) is 9.38 Å². The van der Waals surface area contributed by atoms with Crippen LogP contribution in [0.2, 0.25) is 0 Å². The summed E-state index contributed by atoms with van der Waals surface area (Å²) in [6, 6.07) is 6.32. The van der Waals surface area contributed by atoms with Crippen LogP contribution < -0.4 is 10.6 Å². The number of fused-ring (bicyclic) bond motifs is 1. The topological polar surface area (TPSA) is 46.6 Å². The molecule has 0 atom stereocenters. The fraction of sp³-hybridized carbons (Fsp3) is 0.417. The van der Waals surface area contributed by atoms with Crippen molar-refractivity contribution in [1.29, 1.82) is 0 Å². The summed E-state index contributed by atoms with van der Waals surface area (Å²) in [6.07, 6.45) is 4.45. The first kappa shape index (κ1) is 9.66. The molecular formula is C12H16N4. The second-order valence-electron chi connectivity index (χ2n) is 4.22. The number of imidazole rings is 1. The lowest BCUT2D eigenvalue weighted by Gasteiger charge is -2.20. The SMILES string of the molecule is NCc1ncc2cccc(N3CCCC3)n12. The third-order valence-electron chi connectivity index (χ3n) is 3.22. The van der Waals surface area contributed by atoms with E-state index < -0.39 is 0 Å². The van der Waals surface area contributed by atoms with Gasteiger partial charge in [-0.15, -0.1) is 0 Å². The van der Waals surface area contributed by atoms with E-state index in [4.69, 9.17) is 5.73 Å². The van der Waals surface area contributed by atoms with Gasteiger partial charge in [-0.2, -0.15) is 0 Å². The maximum Gasteiger partial charge on any atom is 0.128 e. The van der Waals surface area contributed by atoms with Crippen LogP contribution in [0.4, 0.5) is 5.82 Å². The van der Waals surface area contributed by atoms with E-state index in [1.54, 1.807) is 0 Å². The van der Waals surface area contributed by atoms with Gasteiger partial charge in [0.2, 0.25) is 0 Å². The highest BCUT2D eigenvalue weighted by atomic mass is 15.2. The van der Waals surface area contributed by atoms with Gasteiger partial charge in [0.1, 0.15) is 11.6 Å². The van der Waals surface area contributed by atoms with E-state index in [0.717, 1.165) is 24.4 Å². The first-order valence-electron chi connectivity index (χ1n) is 5.80. The van der Waals surface area contributed by atoms with Crippen LogP contribution in [0.3, 0.4) is 0 Å². The van der Waals surface area contributed by atoms with Crippen LogP contribution in [0.15, 0.2) is 24.4 Å². The molecule has 0 unspecified atom stereocenters. The molecule has 0 aliphatic carbocycles. The average molecular weight is 216 g/mol. The van der Waals surface area contributed by atoms with Gasteiger partial charge in [0.15, 0.2) is 0 Å². The minimum absolute atomic E-state index is 0.485. The van der Waals surface area contributed by atoms with Crippen molar-refractivity contribution in [2.75, 3.05) is 18.0 Å². The number of nitrogens with zero attached hydrogens (tertiary/aromatic N) is 3. The molecule has 0 saturated carbocycles. The van der Waals surface area contributed by atoms with E-state index in [1.807, 2.05) is 6.20 Å². The average Bonchev–Trinajstić information content (AvgIpc) is 2.97. The van der Waals surface area contributed by atoms with Crippen molar-refractivity contribution < 1.29 is 0 Å². The van der Waals surface area contributed by atoms with Crippen LogP contribution >= 0.6 is 0 Å². The molecule has 4 heteroatoms. The Morgan fingerprint density at radius 1 is 1.25 bits per heavy atom. The molecule has 3 heterocycles. The standard InChI is InChI=1S/C12H16N4/c13-8-11-14-9-10-4-3-5-12(16(10)11)15-6-1-2-7-15/h3-5,9H,1-2,6-8,13H2. The summed E-state index contributed by atoms with van der Waals surface area (Å²) in [5, 5.41) is 0. The van der Waals surface area contributed by atoms with Crippen LogP contribution in [-0.4, -0.2) is 22.5 Å². The predicted molar refractivity (Wildman–Crippen MR) is 64.5 cm³/mol. The van der Waals surface area contributed by atoms with E-state index in [-0.39, 0.29) is 0 Å². The van der Waals surface area contributed by atoms with Gasteiger partial charge >= 0.3 is 0 Å². The zero-order valence-electron chi connectivity index (χ0n) is 9.26. The number of nitrogens with two attached hydrogens (primary N) is 1. The van der Waals surface area contributed by atoms with E-state index in [0.29, 0.717) is 6.54 Å². The maximum atomic E-state index is 5.73. The molecule has 84 valence electrons. The van der Waals surface area contributed by atoms with Crippen LogP contribution in [0, 0.1) is 0 Å². The highest BCUT2D eigenvalue weighted by Crippen LogP contribution is 2.22. The zero-order chi connectivity index (χ0) is 11.0. The van der Waals surface area contributed by atoms with Crippen molar-refractivity contribution in [3.8, 4) is 0 Å². The lowest BCUT2D eigenvalue weighted by atomic mass is 10.3. The third kappa shape index (κ3) is 1.38. The number of aromatic nitrogens is 2. The Morgan fingerprint density at radius 2 is 2.06 bits per heavy atom. The van der Waals surface area contributed by atoms with Crippen LogP contribution in [-0.2, 0) is 6.54 Å². The van der Waals surface area contributed by atoms with Crippen molar-refractivity contribution in [3.05, 3.63) is 30.2 Å². The van der Waals surface area contributed by atoms with Gasteiger partial charge in [-0.3, -0.25) is 4.40 Å². The molecule has 1 saturated heterocycles. The van der Waals surface area contributed by atoms with Gasteiger partial charge in [-0.05, 0) is 25.0 Å². The number of rotatable bonds is 2. The molecule has 0 amide bonds. The lowest BCUT2D eigenvalue weighted by molar-refractivity contribution is 0.856. The molecule has 16 heavy (non-hydrogen) atoms. The second kappa shape index (κ2) is 3.79. The van der Waals surface area contributed by atoms with Crippen LogP contribution in [0.5, 0.6) is 0 Å². The number of hydrogen-bond acceptors (Lipinski definition) is 3. The summed E-state index contributed by atoms with van der Waals surface area (Å²) in [5.74, 6) is 2.17. The maximum absolute atomic E-state index is 5.73. The predicted octanol–water partition coefficient (Wildman–Crippen LogP) is 1.39. The summed E-state index contributed by atoms with van der Waals surface area (Å²) in [5.41, 5.74) is 6.86. The fourth-order valence-corrected chi connectivity index (χ4v) is 2.43. The summed E-state index contributed by atoms with van der Waals surface area (Å²) in [6.45, 7) is 2.77. The summed E-state index contributed by atoms with van der Waals surface area (Å²) in [7, 11) is 0. The third-order valence-corrected chi connectivity index (χ3v) is 3.22. The summed E-state index contributed by atoms with van der Waals surface area (Å²) in [4.78, 5) is 6.77. The van der Waals surface area contributed by atoms with Crippen LogP contribution in [0.25, 0.3) is 5.52 Å². The normalized spacial score (nSPS) is 16.2. The van der Waals surface area contributed by atoms with Crippen molar-refractivity contribution in [3.63, 3.8) is 0 Å². The molecule has 4 nitrogen and oxygen atoms in total. The van der Waals surface area contributed by atoms with E-state index in [2.05, 4.69) is 32.5 Å². The molecule has 0 radical (unpaired) electrons. The minimum atomic E-state index is 0.485. The Morgan fingerprint density at radius 3 is 2.81 bits per heavy atom. The molecule has 2 N–H and O–H groups in total. The zero-order valence-corrected chi connectivity index (χ0v) is 9.26. The first-order valence-corrected chi connectivity index (χ1v) is 5.80. The smallest absolute Gasteiger partial charge is 0.128 e. The molecule has 2 aromatic rings. The number of pyridine rings is 1. The molecule has 0 bridgehead atoms. The van der Waals surface area contributed by atoms with Gasteiger partial charge in [0, 0.05) is 13.1 Å². The van der Waals surface area contributed by atoms with E-state index >= 15 is 0 Å². The molecule has 1 aliphatic rings. The first-order chi connectivity index (χ1) is 7.90. The van der Waals surface area contributed by atoms with Gasteiger partial charge in [0.05, 0.1) is 18.3 Å². The molecule has 0 spiro atoms. The van der Waals surface area contributed by atoms with Crippen LogP contribution in [0.1, 0.15) is 18.7 Å². The van der Waals surface area contributed by atoms with E-state index in [9.17, 15) is 0 Å². The van der Waals surface area contributed by atoms with Gasteiger partial charge in [-0.25, -0.2) is 4.98 Å². The fourth-order valence-electron chi connectivity index (χ4n) is 2.43. The minimum Gasteiger partial charge on any atom is -0.358 e. The highest BCUT2D eigenvalue weighted by molar-refractivity contribution is 5.56. The quantitative estimate of drug-likeness (QED) is 0.825. The number of anilines is 1. The molecule has 0 aromatic carbocycles. The largest absolute Gasteiger partial charge is 0.358 e. The highest BCUT2D eigenvalue weighted by Gasteiger charge is 2.16. The Kier molecular flexibility index (Phi) is 2.29. The van der Waals surface area contributed by atoms with Crippen molar-refractivity contribution in [2.45, 2.75) is 19.4 Å². The molecule has 3 rings (SSSR count). The van der Waals surface area contributed by atoms with E-state index in [1.165, 1.54) is 18.7 Å². The lowest BCUT2D eigenvalue weighted by Crippen LogP contribution is -2.21. The van der Waals surface area contributed by atoms with Gasteiger partial charge in [-0.1, -0.05) is 6.07 Å². The van der Waals surface area contributed by atoms with Crippen molar-refractivity contribution >= 4 is 11.3 Å². The van der Waals surface area contributed by atoms with Crippen molar-refractivity contribution in [2.24, 2.45) is 5.73 Å². The molecule has 2 aromatic heterocycles. The molecule has 1 fully saturated rings. The summed E-state index contributed by atoms with van der Waals surface area (Å²) < 4.78 is 2.17. The van der Waals surface area contributed by atoms with Gasteiger partial charge in [0.25, 0.3) is 0 Å². The van der Waals surface area contributed by atoms with Gasteiger partial charge < -0.3 is 10.6 Å². The molecule has 1 aliphatic heterocycles.